The number of hydrogen-bond acceptors (Lipinski definition) is 10. The summed E-state index contributed by atoms with van der Waals surface area (Å²) in [6.45, 7) is 19.5. The van der Waals surface area contributed by atoms with Crippen LogP contribution in [0.3, 0.4) is 0 Å². The van der Waals surface area contributed by atoms with Gasteiger partial charge < -0.3 is 14.2 Å². The molecule has 1 rings (SSSR count). The minimum absolute atomic E-state index is 0.0812. The maximum Gasteiger partial charge on any atom is 0.311 e. The van der Waals surface area contributed by atoms with Crippen LogP contribution in [0.2, 0.25) is 0 Å². The van der Waals surface area contributed by atoms with Gasteiger partial charge in [0.15, 0.2) is 6.10 Å². The second-order valence-electron chi connectivity index (χ2n) is 11.0. The second-order valence-corrected chi connectivity index (χ2v) is 11.0. The summed E-state index contributed by atoms with van der Waals surface area (Å²) in [6, 6.07) is 8.99. The van der Waals surface area contributed by atoms with E-state index in [0.717, 1.165) is 6.42 Å². The highest BCUT2D eigenvalue weighted by Gasteiger charge is 2.28. The fourth-order valence-electron chi connectivity index (χ4n) is 3.26. The number of rotatable bonds is 24. The molecule has 0 N–H and O–H groups in total. The molecule has 0 bridgehead atoms. The van der Waals surface area contributed by atoms with Crippen LogP contribution in [-0.2, 0) is 54.6 Å². The van der Waals surface area contributed by atoms with Gasteiger partial charge in [-0.1, -0.05) is 77.3 Å². The van der Waals surface area contributed by atoms with Crippen molar-refractivity contribution in [3.05, 3.63) is 60.7 Å². The van der Waals surface area contributed by atoms with Crippen LogP contribution in [0.25, 0.3) is 0 Å². The van der Waals surface area contributed by atoms with Gasteiger partial charge in [0.05, 0.1) is 18.6 Å². The number of carbonyl (C=O) groups is 3. The molecule has 1 aromatic carbocycles. The van der Waals surface area contributed by atoms with Crippen LogP contribution >= 0.6 is 0 Å². The van der Waals surface area contributed by atoms with E-state index in [1.54, 1.807) is 13.8 Å². The summed E-state index contributed by atoms with van der Waals surface area (Å²) in [5.41, 5.74) is 2.27. The first kappa shape index (κ1) is 42.0. The van der Waals surface area contributed by atoms with Crippen LogP contribution in [0.15, 0.2) is 49.6 Å². The Morgan fingerprint density at radius 2 is 1.36 bits per heavy atom. The van der Waals surface area contributed by atoms with Gasteiger partial charge in [-0.3, -0.25) is 14.4 Å². The van der Waals surface area contributed by atoms with Crippen molar-refractivity contribution in [3.63, 3.8) is 0 Å². The zero-order valence-electron chi connectivity index (χ0n) is 28.3. The van der Waals surface area contributed by atoms with Crippen molar-refractivity contribution >= 4 is 17.9 Å². The standard InChI is InChI=1S/C23H38O10.C12H18/c1-6-13-27-20(24)11-9-15-30-32-18-19(17-29-22(26)23(4,5)8-3)33-31-16-10-12-21(25)28-14-7-2;1-4-10(3)12-8-6-11(5-2)7-9-12/h6-7,19H,1-2,8-18H2,3-5H3;6-10H,4-5H2,1-3H3. The zero-order chi connectivity index (χ0) is 33.9. The van der Waals surface area contributed by atoms with Crippen molar-refractivity contribution in [3.8, 4) is 0 Å². The quantitative estimate of drug-likeness (QED) is 0.0293. The Kier molecular flexibility index (Phi) is 24.4. The average Bonchev–Trinajstić information content (AvgIpc) is 3.05. The highest BCUT2D eigenvalue weighted by molar-refractivity contribution is 5.75. The predicted octanol–water partition coefficient (Wildman–Crippen LogP) is 7.01. The van der Waals surface area contributed by atoms with Gasteiger partial charge in [0.2, 0.25) is 0 Å². The minimum atomic E-state index is -0.758. The van der Waals surface area contributed by atoms with E-state index in [0.29, 0.717) is 25.2 Å². The molecule has 0 saturated heterocycles. The molecule has 0 fully saturated rings. The van der Waals surface area contributed by atoms with Crippen LogP contribution in [0.5, 0.6) is 0 Å². The summed E-state index contributed by atoms with van der Waals surface area (Å²) in [7, 11) is 0. The Bertz CT molecular complexity index is 958. The first-order chi connectivity index (χ1) is 21.5. The van der Waals surface area contributed by atoms with Gasteiger partial charge in [0.1, 0.15) is 26.4 Å². The third-order valence-corrected chi connectivity index (χ3v) is 6.89. The van der Waals surface area contributed by atoms with Crippen molar-refractivity contribution in [2.24, 2.45) is 5.41 Å². The molecular weight excluding hydrogens is 580 g/mol. The highest BCUT2D eigenvalue weighted by atomic mass is 17.2. The van der Waals surface area contributed by atoms with Crippen molar-refractivity contribution < 1.29 is 48.1 Å². The van der Waals surface area contributed by atoms with Crippen LogP contribution in [0, 0.1) is 5.41 Å². The van der Waals surface area contributed by atoms with Crippen molar-refractivity contribution in [2.45, 2.75) is 98.5 Å². The first-order valence-corrected chi connectivity index (χ1v) is 15.9. The lowest BCUT2D eigenvalue weighted by Crippen LogP contribution is -2.32. The minimum Gasteiger partial charge on any atom is -0.462 e. The molecule has 0 spiro atoms. The third-order valence-electron chi connectivity index (χ3n) is 6.89. The number of aryl methyl sites for hydroxylation is 1. The molecule has 0 radical (unpaired) electrons. The zero-order valence-corrected chi connectivity index (χ0v) is 28.3. The number of carbonyl (C=O) groups excluding carboxylic acids is 3. The summed E-state index contributed by atoms with van der Waals surface area (Å²) in [4.78, 5) is 55.5. The lowest BCUT2D eigenvalue weighted by molar-refractivity contribution is -0.370. The van der Waals surface area contributed by atoms with E-state index in [2.05, 4.69) is 58.2 Å². The molecule has 2 unspecified atom stereocenters. The summed E-state index contributed by atoms with van der Waals surface area (Å²) in [5, 5.41) is 0. The summed E-state index contributed by atoms with van der Waals surface area (Å²) in [5.74, 6) is -0.388. The van der Waals surface area contributed by atoms with Gasteiger partial charge >= 0.3 is 17.9 Å². The number of benzene rings is 1. The molecule has 256 valence electrons. The third kappa shape index (κ3) is 21.3. The lowest BCUT2D eigenvalue weighted by atomic mass is 9.91. The Labute approximate surface area is 270 Å². The van der Waals surface area contributed by atoms with Gasteiger partial charge in [-0.15, -0.1) is 0 Å². The molecule has 1 aromatic rings. The normalized spacial score (nSPS) is 12.2. The molecule has 0 aliphatic rings. The molecule has 0 heterocycles. The Morgan fingerprint density at radius 1 is 0.800 bits per heavy atom. The van der Waals surface area contributed by atoms with Gasteiger partial charge in [0, 0.05) is 12.8 Å². The molecule has 0 aliphatic heterocycles. The molecule has 0 amide bonds. The molecule has 0 aliphatic carbocycles. The van der Waals surface area contributed by atoms with Gasteiger partial charge in [-0.05, 0) is 63.0 Å². The topological polar surface area (TPSA) is 116 Å². The maximum atomic E-state index is 12.2. The fraction of sp³-hybridized carbons (Fsp3) is 0.629. The molecular formula is C35H56O10. The Morgan fingerprint density at radius 3 is 1.84 bits per heavy atom. The van der Waals surface area contributed by atoms with Crippen LogP contribution in [0.4, 0.5) is 0 Å². The first-order valence-electron chi connectivity index (χ1n) is 15.9. The van der Waals surface area contributed by atoms with E-state index < -0.39 is 11.5 Å². The van der Waals surface area contributed by atoms with Gasteiger partial charge in [-0.25, -0.2) is 19.6 Å². The Balaban J connectivity index is 0.00000133. The van der Waals surface area contributed by atoms with E-state index in [-0.39, 0.29) is 70.4 Å². The molecule has 0 saturated carbocycles. The number of hydrogen-bond donors (Lipinski definition) is 0. The molecule has 45 heavy (non-hydrogen) atoms. The van der Waals surface area contributed by atoms with E-state index in [1.165, 1.54) is 29.7 Å². The van der Waals surface area contributed by atoms with Gasteiger partial charge in [-0.2, -0.15) is 0 Å². The lowest BCUT2D eigenvalue weighted by Gasteiger charge is -2.22. The van der Waals surface area contributed by atoms with E-state index >= 15 is 0 Å². The molecule has 2 atom stereocenters. The van der Waals surface area contributed by atoms with Crippen LogP contribution < -0.4 is 0 Å². The van der Waals surface area contributed by atoms with Crippen LogP contribution in [-0.4, -0.2) is 63.7 Å². The van der Waals surface area contributed by atoms with Crippen LogP contribution in [0.1, 0.15) is 97.1 Å². The fourth-order valence-corrected chi connectivity index (χ4v) is 3.26. The summed E-state index contributed by atoms with van der Waals surface area (Å²) in [6.07, 6.45) is 6.33. The Hall–Kier alpha value is -3.05. The highest BCUT2D eigenvalue weighted by Crippen LogP contribution is 2.22. The van der Waals surface area contributed by atoms with Crippen molar-refractivity contribution in [2.75, 3.05) is 39.6 Å². The number of ether oxygens (including phenoxy) is 3. The predicted molar refractivity (Wildman–Crippen MR) is 173 cm³/mol. The number of esters is 3. The molecule has 10 nitrogen and oxygen atoms in total. The molecule has 10 heteroatoms. The summed E-state index contributed by atoms with van der Waals surface area (Å²) < 4.78 is 15.0. The van der Waals surface area contributed by atoms with E-state index in [1.807, 2.05) is 6.92 Å². The maximum absolute atomic E-state index is 12.2. The monoisotopic (exact) mass is 636 g/mol. The largest absolute Gasteiger partial charge is 0.462 e. The van der Waals surface area contributed by atoms with Crippen molar-refractivity contribution in [1.82, 2.24) is 0 Å². The van der Waals surface area contributed by atoms with E-state index in [4.69, 9.17) is 33.8 Å². The molecule has 0 aromatic heterocycles. The van der Waals surface area contributed by atoms with Gasteiger partial charge in [0.25, 0.3) is 0 Å². The van der Waals surface area contributed by atoms with Crippen molar-refractivity contribution in [1.29, 1.82) is 0 Å². The smallest absolute Gasteiger partial charge is 0.311 e. The van der Waals surface area contributed by atoms with E-state index in [9.17, 15) is 14.4 Å². The average molecular weight is 637 g/mol. The second kappa shape index (κ2) is 26.2. The summed E-state index contributed by atoms with van der Waals surface area (Å²) >= 11 is 0. The SMILES string of the molecule is C=CCOC(=O)CCCOOCC(COC(=O)C(C)(C)CC)OOCCCC(=O)OCC=C.CCc1ccc(C(C)CC)cc1.